The lowest BCUT2D eigenvalue weighted by Crippen LogP contribution is -2.38. The van der Waals surface area contributed by atoms with Gasteiger partial charge in [0.05, 0.1) is 11.0 Å². The van der Waals surface area contributed by atoms with Crippen LogP contribution < -0.4 is 10.6 Å². The van der Waals surface area contributed by atoms with Crippen LogP contribution in [-0.4, -0.2) is 28.0 Å². The van der Waals surface area contributed by atoms with E-state index in [-0.39, 0.29) is 24.4 Å². The van der Waals surface area contributed by atoms with Crippen molar-refractivity contribution in [3.05, 3.63) is 65.0 Å². The monoisotopic (exact) mass is 424 g/mol. The lowest BCUT2D eigenvalue weighted by Gasteiger charge is -2.29. The zero-order chi connectivity index (χ0) is 19.8. The number of nitrogens with zero attached hydrogens (tertiary/aromatic N) is 2. The normalized spacial score (nSPS) is 21.0. The first kappa shape index (κ1) is 20.9. The molecule has 0 unspecified atom stereocenters. The van der Waals surface area contributed by atoms with Gasteiger partial charge in [-0.15, -0.1) is 12.4 Å². The minimum absolute atomic E-state index is 0. The molecule has 2 heterocycles. The van der Waals surface area contributed by atoms with Gasteiger partial charge in [-0.05, 0) is 67.6 Å². The van der Waals surface area contributed by atoms with Gasteiger partial charge >= 0.3 is 0 Å². The van der Waals surface area contributed by atoms with Crippen LogP contribution in [0, 0.1) is 0 Å². The molecule has 6 heteroatoms. The molecule has 1 aliphatic heterocycles. The summed E-state index contributed by atoms with van der Waals surface area (Å²) in [4.78, 5) is 17.8. The molecule has 2 aromatic carbocycles. The second-order valence-corrected chi connectivity index (χ2v) is 8.46. The van der Waals surface area contributed by atoms with E-state index in [0.717, 1.165) is 62.1 Å². The highest BCUT2D eigenvalue weighted by molar-refractivity contribution is 5.94. The van der Waals surface area contributed by atoms with Gasteiger partial charge in [0.25, 0.3) is 5.91 Å². The Morgan fingerprint density at radius 1 is 1.17 bits per heavy atom. The average molecular weight is 425 g/mol. The third kappa shape index (κ3) is 3.96. The highest BCUT2D eigenvalue weighted by atomic mass is 35.5. The van der Waals surface area contributed by atoms with Crippen molar-refractivity contribution in [2.75, 3.05) is 6.54 Å². The van der Waals surface area contributed by atoms with Crippen molar-refractivity contribution in [2.45, 2.75) is 50.6 Å². The first-order chi connectivity index (χ1) is 14.2. The molecule has 1 saturated carbocycles. The number of amides is 1. The summed E-state index contributed by atoms with van der Waals surface area (Å²) in [7, 11) is 2.11. The van der Waals surface area contributed by atoms with Crippen molar-refractivity contribution in [2.24, 2.45) is 7.05 Å². The van der Waals surface area contributed by atoms with Crippen LogP contribution in [0.25, 0.3) is 11.0 Å². The minimum Gasteiger partial charge on any atom is -0.349 e. The summed E-state index contributed by atoms with van der Waals surface area (Å²) < 4.78 is 2.22. The van der Waals surface area contributed by atoms with Crippen molar-refractivity contribution >= 4 is 29.3 Å². The molecular formula is C24H29ClN4O. The molecule has 5 nitrogen and oxygen atoms in total. The SMILES string of the molecule is Cl.Cn1c([C@H]2CCC[C@@H](NC(=O)c3ccc4c(c3)CCNC4)C2)nc2ccccc21. The van der Waals surface area contributed by atoms with Gasteiger partial charge in [0.1, 0.15) is 5.82 Å². The number of nitrogens with one attached hydrogen (secondary N) is 2. The van der Waals surface area contributed by atoms with Crippen LogP contribution in [0.4, 0.5) is 0 Å². The van der Waals surface area contributed by atoms with Crippen molar-refractivity contribution in [3.63, 3.8) is 0 Å². The van der Waals surface area contributed by atoms with Crippen molar-refractivity contribution < 1.29 is 4.79 Å². The first-order valence-electron chi connectivity index (χ1n) is 10.7. The Bertz CT molecular complexity index is 1060. The summed E-state index contributed by atoms with van der Waals surface area (Å²) in [5.74, 6) is 1.59. The molecule has 0 spiro atoms. The topological polar surface area (TPSA) is 59.0 Å². The summed E-state index contributed by atoms with van der Waals surface area (Å²) in [5, 5.41) is 6.68. The first-order valence-corrected chi connectivity index (χ1v) is 10.7. The minimum atomic E-state index is 0. The Balaban J connectivity index is 0.00000218. The number of para-hydroxylation sites is 2. The van der Waals surface area contributed by atoms with Crippen LogP contribution >= 0.6 is 12.4 Å². The van der Waals surface area contributed by atoms with E-state index in [4.69, 9.17) is 4.98 Å². The van der Waals surface area contributed by atoms with E-state index in [1.54, 1.807) is 0 Å². The van der Waals surface area contributed by atoms with Gasteiger partial charge in [-0.25, -0.2) is 4.98 Å². The molecule has 1 amide bonds. The third-order valence-electron chi connectivity index (χ3n) is 6.55. The van der Waals surface area contributed by atoms with E-state index in [0.29, 0.717) is 5.92 Å². The molecule has 3 aromatic rings. The number of halogens is 1. The van der Waals surface area contributed by atoms with E-state index >= 15 is 0 Å². The van der Waals surface area contributed by atoms with E-state index < -0.39 is 0 Å². The number of imidazole rings is 1. The van der Waals surface area contributed by atoms with E-state index in [9.17, 15) is 4.79 Å². The maximum atomic E-state index is 12.9. The Morgan fingerprint density at radius 2 is 2.03 bits per heavy atom. The van der Waals surface area contributed by atoms with Gasteiger partial charge in [-0.3, -0.25) is 4.79 Å². The molecule has 1 fully saturated rings. The van der Waals surface area contributed by atoms with Gasteiger partial charge in [0, 0.05) is 31.1 Å². The molecule has 0 radical (unpaired) electrons. The highest BCUT2D eigenvalue weighted by Gasteiger charge is 2.28. The lowest BCUT2D eigenvalue weighted by molar-refractivity contribution is 0.0924. The van der Waals surface area contributed by atoms with Crippen LogP contribution in [0.3, 0.4) is 0 Å². The molecule has 1 aliphatic carbocycles. The maximum Gasteiger partial charge on any atom is 0.251 e. The van der Waals surface area contributed by atoms with Crippen LogP contribution in [0.2, 0.25) is 0 Å². The summed E-state index contributed by atoms with van der Waals surface area (Å²) in [6.07, 6.45) is 5.25. The molecule has 0 bridgehead atoms. The Morgan fingerprint density at radius 3 is 2.90 bits per heavy atom. The van der Waals surface area contributed by atoms with Crippen molar-refractivity contribution in [1.82, 2.24) is 20.2 Å². The molecular weight excluding hydrogens is 396 g/mol. The fourth-order valence-electron chi connectivity index (χ4n) is 4.97. The number of benzene rings is 2. The van der Waals surface area contributed by atoms with Gasteiger partial charge < -0.3 is 15.2 Å². The number of hydrogen-bond donors (Lipinski definition) is 2. The van der Waals surface area contributed by atoms with Crippen LogP contribution in [0.1, 0.15) is 58.9 Å². The number of carbonyl (C=O) groups excluding carboxylic acids is 1. The van der Waals surface area contributed by atoms with Crippen LogP contribution in [0.5, 0.6) is 0 Å². The van der Waals surface area contributed by atoms with Gasteiger partial charge in [0.15, 0.2) is 0 Å². The Hall–Kier alpha value is -2.37. The number of rotatable bonds is 3. The standard InChI is InChI=1S/C24H28N4O.ClH/c1-28-22-8-3-2-7-21(22)27-23(28)17-5-4-6-20(14-17)26-24(29)18-9-10-19-15-25-12-11-16(19)13-18;/h2-3,7-10,13,17,20,25H,4-6,11-12,14-15H2,1H3,(H,26,29);1H/t17-,20+;/m0./s1. The van der Waals surface area contributed by atoms with Gasteiger partial charge in [0.2, 0.25) is 0 Å². The Labute approximate surface area is 183 Å². The molecule has 158 valence electrons. The largest absolute Gasteiger partial charge is 0.349 e. The number of carbonyl (C=O) groups is 1. The zero-order valence-corrected chi connectivity index (χ0v) is 18.2. The van der Waals surface area contributed by atoms with E-state index in [1.165, 1.54) is 16.6 Å². The predicted molar refractivity (Wildman–Crippen MR) is 122 cm³/mol. The molecule has 1 aromatic heterocycles. The fourth-order valence-corrected chi connectivity index (χ4v) is 4.97. The van der Waals surface area contributed by atoms with Gasteiger partial charge in [-0.1, -0.05) is 24.6 Å². The van der Waals surface area contributed by atoms with Crippen molar-refractivity contribution in [1.29, 1.82) is 0 Å². The predicted octanol–water partition coefficient (Wildman–Crippen LogP) is 4.10. The third-order valence-corrected chi connectivity index (χ3v) is 6.55. The summed E-state index contributed by atoms with van der Waals surface area (Å²) >= 11 is 0. The summed E-state index contributed by atoms with van der Waals surface area (Å²) in [5.41, 5.74) is 5.64. The number of aromatic nitrogens is 2. The molecule has 2 N–H and O–H groups in total. The quantitative estimate of drug-likeness (QED) is 0.665. The zero-order valence-electron chi connectivity index (χ0n) is 17.4. The number of hydrogen-bond acceptors (Lipinski definition) is 3. The van der Waals surface area contributed by atoms with E-state index in [2.05, 4.69) is 52.6 Å². The van der Waals surface area contributed by atoms with Crippen LogP contribution in [0.15, 0.2) is 42.5 Å². The molecule has 2 atom stereocenters. The highest BCUT2D eigenvalue weighted by Crippen LogP contribution is 2.34. The molecule has 0 saturated heterocycles. The fraction of sp³-hybridized carbons (Fsp3) is 0.417. The smallest absolute Gasteiger partial charge is 0.251 e. The van der Waals surface area contributed by atoms with Crippen LogP contribution in [-0.2, 0) is 20.0 Å². The lowest BCUT2D eigenvalue weighted by atomic mass is 9.85. The molecule has 5 rings (SSSR count). The summed E-state index contributed by atoms with van der Waals surface area (Å²) in [6.45, 7) is 1.89. The average Bonchev–Trinajstić information content (AvgIpc) is 3.10. The van der Waals surface area contributed by atoms with Crippen molar-refractivity contribution in [3.8, 4) is 0 Å². The Kier molecular flexibility index (Phi) is 6.11. The second kappa shape index (κ2) is 8.78. The summed E-state index contributed by atoms with van der Waals surface area (Å²) in [6, 6.07) is 14.7. The second-order valence-electron chi connectivity index (χ2n) is 8.46. The van der Waals surface area contributed by atoms with E-state index in [1.807, 2.05) is 12.1 Å². The molecule has 2 aliphatic rings. The van der Waals surface area contributed by atoms with Gasteiger partial charge in [-0.2, -0.15) is 0 Å². The number of fused-ring (bicyclic) bond motifs is 2. The maximum absolute atomic E-state index is 12.9. The molecule has 30 heavy (non-hydrogen) atoms. The number of aryl methyl sites for hydroxylation is 1.